The molecule has 2 rings (SSSR count). The maximum atomic E-state index is 12.0. The molecule has 0 radical (unpaired) electrons. The molecule has 2 aromatic rings. The number of rotatable bonds is 4. The van der Waals surface area contributed by atoms with Gasteiger partial charge in [0.15, 0.2) is 5.13 Å². The lowest BCUT2D eigenvalue weighted by Crippen LogP contribution is -2.14. The van der Waals surface area contributed by atoms with Gasteiger partial charge in [-0.1, -0.05) is 6.07 Å². The zero-order valence-electron chi connectivity index (χ0n) is 10.7. The molecule has 0 atom stereocenters. The van der Waals surface area contributed by atoms with Crippen LogP contribution in [-0.4, -0.2) is 21.9 Å². The summed E-state index contributed by atoms with van der Waals surface area (Å²) in [4.78, 5) is 26.8. The summed E-state index contributed by atoms with van der Waals surface area (Å²) in [5, 5.41) is 14.3. The van der Waals surface area contributed by atoms with Crippen LogP contribution in [0, 0.1) is 6.92 Å². The number of nitrogens with two attached hydrogens (primary N) is 1. The zero-order chi connectivity index (χ0) is 14.7. The number of aromatic nitrogens is 1. The molecule has 0 aliphatic rings. The Morgan fingerprint density at radius 3 is 2.85 bits per heavy atom. The fourth-order valence-corrected chi connectivity index (χ4v) is 2.33. The number of primary amides is 1. The molecule has 6 nitrogen and oxygen atoms in total. The smallest absolute Gasteiger partial charge is 0.261 e. The van der Waals surface area contributed by atoms with Crippen molar-refractivity contribution >= 4 is 28.3 Å². The van der Waals surface area contributed by atoms with Gasteiger partial charge in [-0.3, -0.25) is 14.9 Å². The lowest BCUT2D eigenvalue weighted by molar-refractivity contribution is -0.117. The van der Waals surface area contributed by atoms with E-state index in [1.54, 1.807) is 11.4 Å². The minimum Gasteiger partial charge on any atom is -0.507 e. The molecule has 1 heterocycles. The molecule has 0 saturated carbocycles. The van der Waals surface area contributed by atoms with Crippen molar-refractivity contribution in [2.24, 2.45) is 5.73 Å². The Kier molecular flexibility index (Phi) is 3.99. The van der Waals surface area contributed by atoms with Crippen LogP contribution in [-0.2, 0) is 11.2 Å². The van der Waals surface area contributed by atoms with Gasteiger partial charge in [0.25, 0.3) is 5.91 Å². The van der Waals surface area contributed by atoms with Crippen LogP contribution in [0.5, 0.6) is 5.75 Å². The second-order valence-electron chi connectivity index (χ2n) is 4.26. The quantitative estimate of drug-likeness (QED) is 0.792. The van der Waals surface area contributed by atoms with Crippen LogP contribution >= 0.6 is 11.3 Å². The summed E-state index contributed by atoms with van der Waals surface area (Å²) in [6.07, 6.45) is 0.0299. The molecule has 104 valence electrons. The molecule has 2 amide bonds. The summed E-state index contributed by atoms with van der Waals surface area (Å²) in [5.41, 5.74) is 6.60. The maximum Gasteiger partial charge on any atom is 0.261 e. The summed E-state index contributed by atoms with van der Waals surface area (Å²) in [7, 11) is 0. The highest BCUT2D eigenvalue weighted by atomic mass is 32.1. The van der Waals surface area contributed by atoms with Gasteiger partial charge in [0, 0.05) is 5.38 Å². The van der Waals surface area contributed by atoms with E-state index in [9.17, 15) is 14.7 Å². The molecule has 1 aromatic heterocycles. The number of thiazole rings is 1. The first-order chi connectivity index (χ1) is 9.45. The molecular weight excluding hydrogens is 278 g/mol. The number of anilines is 1. The standard InChI is InChI=1S/C13H13N3O3S/c1-7-2-3-9(10(17)4-7)12(19)16-13-15-8(6-20-13)5-11(14)18/h2-4,6,17H,5H2,1H3,(H2,14,18)(H,15,16,19). The highest BCUT2D eigenvalue weighted by Crippen LogP contribution is 2.21. The van der Waals surface area contributed by atoms with Gasteiger partial charge in [-0.2, -0.15) is 0 Å². The Hall–Kier alpha value is -2.41. The maximum absolute atomic E-state index is 12.0. The van der Waals surface area contributed by atoms with Crippen molar-refractivity contribution in [1.82, 2.24) is 4.98 Å². The number of phenols is 1. The van der Waals surface area contributed by atoms with Crippen LogP contribution in [0.4, 0.5) is 5.13 Å². The molecule has 7 heteroatoms. The number of phenolic OH excluding ortho intramolecular Hbond substituents is 1. The van der Waals surface area contributed by atoms with Crippen molar-refractivity contribution in [3.63, 3.8) is 0 Å². The van der Waals surface area contributed by atoms with Crippen molar-refractivity contribution in [3.05, 3.63) is 40.4 Å². The zero-order valence-corrected chi connectivity index (χ0v) is 11.5. The fraction of sp³-hybridized carbons (Fsp3) is 0.154. The topological polar surface area (TPSA) is 105 Å². The predicted octanol–water partition coefficient (Wildman–Crippen LogP) is 1.44. The van der Waals surface area contributed by atoms with E-state index in [2.05, 4.69) is 10.3 Å². The van der Waals surface area contributed by atoms with Crippen LogP contribution in [0.3, 0.4) is 0 Å². The van der Waals surface area contributed by atoms with Gasteiger partial charge >= 0.3 is 0 Å². The van der Waals surface area contributed by atoms with E-state index in [-0.39, 0.29) is 17.7 Å². The summed E-state index contributed by atoms with van der Waals surface area (Å²) in [5.74, 6) is -1.02. The van der Waals surface area contributed by atoms with Gasteiger partial charge in [-0.05, 0) is 24.6 Å². The van der Waals surface area contributed by atoms with E-state index < -0.39 is 11.8 Å². The van der Waals surface area contributed by atoms with E-state index in [0.29, 0.717) is 10.8 Å². The summed E-state index contributed by atoms with van der Waals surface area (Å²) in [6, 6.07) is 4.78. The van der Waals surface area contributed by atoms with Crippen LogP contribution < -0.4 is 11.1 Å². The first-order valence-corrected chi connectivity index (χ1v) is 6.67. The molecule has 0 spiro atoms. The number of aromatic hydroxyl groups is 1. The Labute approximate surface area is 119 Å². The average molecular weight is 291 g/mol. The van der Waals surface area contributed by atoms with Crippen LogP contribution in [0.2, 0.25) is 0 Å². The third-order valence-corrected chi connectivity index (χ3v) is 3.33. The third kappa shape index (κ3) is 3.33. The van der Waals surface area contributed by atoms with Gasteiger partial charge in [-0.25, -0.2) is 4.98 Å². The second-order valence-corrected chi connectivity index (χ2v) is 5.12. The Morgan fingerprint density at radius 2 is 2.20 bits per heavy atom. The number of carbonyl (C=O) groups excluding carboxylic acids is 2. The highest BCUT2D eigenvalue weighted by Gasteiger charge is 2.13. The minimum atomic E-state index is -0.482. The molecular formula is C13H13N3O3S. The van der Waals surface area contributed by atoms with E-state index >= 15 is 0 Å². The third-order valence-electron chi connectivity index (χ3n) is 2.53. The van der Waals surface area contributed by atoms with Crippen molar-refractivity contribution in [1.29, 1.82) is 0 Å². The predicted molar refractivity (Wildman–Crippen MR) is 75.8 cm³/mol. The fourth-order valence-electron chi connectivity index (χ4n) is 1.62. The lowest BCUT2D eigenvalue weighted by atomic mass is 10.1. The number of benzene rings is 1. The van der Waals surface area contributed by atoms with Gasteiger partial charge in [0.1, 0.15) is 5.75 Å². The van der Waals surface area contributed by atoms with Crippen molar-refractivity contribution in [2.75, 3.05) is 5.32 Å². The van der Waals surface area contributed by atoms with Gasteiger partial charge in [0.2, 0.25) is 5.91 Å². The van der Waals surface area contributed by atoms with Crippen LogP contribution in [0.1, 0.15) is 21.6 Å². The van der Waals surface area contributed by atoms with E-state index in [4.69, 9.17) is 5.73 Å². The average Bonchev–Trinajstić information content (AvgIpc) is 2.75. The van der Waals surface area contributed by atoms with Gasteiger partial charge in [0.05, 0.1) is 17.7 Å². The van der Waals surface area contributed by atoms with Gasteiger partial charge in [-0.15, -0.1) is 11.3 Å². The summed E-state index contributed by atoms with van der Waals surface area (Å²) < 4.78 is 0. The number of nitrogens with one attached hydrogen (secondary N) is 1. The van der Waals surface area contributed by atoms with Gasteiger partial charge < -0.3 is 10.8 Å². The largest absolute Gasteiger partial charge is 0.507 e. The molecule has 0 aliphatic carbocycles. The molecule has 20 heavy (non-hydrogen) atoms. The van der Waals surface area contributed by atoms with E-state index in [1.165, 1.54) is 23.5 Å². The lowest BCUT2D eigenvalue weighted by Gasteiger charge is -2.04. The first-order valence-electron chi connectivity index (χ1n) is 5.79. The van der Waals surface area contributed by atoms with Crippen LogP contribution in [0.25, 0.3) is 0 Å². The second kappa shape index (κ2) is 5.70. The SMILES string of the molecule is Cc1ccc(C(=O)Nc2nc(CC(N)=O)cs2)c(O)c1. The van der Waals surface area contributed by atoms with E-state index in [1.807, 2.05) is 6.92 Å². The molecule has 4 N–H and O–H groups in total. The van der Waals surface area contributed by atoms with E-state index in [0.717, 1.165) is 5.56 Å². The molecule has 1 aromatic carbocycles. The molecule has 0 saturated heterocycles. The van der Waals surface area contributed by atoms with Crippen molar-refractivity contribution < 1.29 is 14.7 Å². The number of carbonyl (C=O) groups is 2. The number of aryl methyl sites for hydroxylation is 1. The van der Waals surface area contributed by atoms with Crippen molar-refractivity contribution in [2.45, 2.75) is 13.3 Å². The Bertz CT molecular complexity index is 667. The number of nitrogens with zero attached hydrogens (tertiary/aromatic N) is 1. The molecule has 0 aliphatic heterocycles. The summed E-state index contributed by atoms with van der Waals surface area (Å²) in [6.45, 7) is 1.82. The number of hydrogen-bond acceptors (Lipinski definition) is 5. The number of hydrogen-bond donors (Lipinski definition) is 3. The Morgan fingerprint density at radius 1 is 1.45 bits per heavy atom. The molecule has 0 bridgehead atoms. The minimum absolute atomic E-state index is 0.0299. The summed E-state index contributed by atoms with van der Waals surface area (Å²) >= 11 is 1.19. The van der Waals surface area contributed by atoms with Crippen molar-refractivity contribution in [3.8, 4) is 5.75 Å². The van der Waals surface area contributed by atoms with Crippen LogP contribution in [0.15, 0.2) is 23.6 Å². The number of amides is 2. The monoisotopic (exact) mass is 291 g/mol. The normalized spacial score (nSPS) is 10.2. The molecule has 0 unspecified atom stereocenters. The highest BCUT2D eigenvalue weighted by molar-refractivity contribution is 7.14. The Balaban J connectivity index is 2.11. The molecule has 0 fully saturated rings. The first kappa shape index (κ1) is 14.0.